The van der Waals surface area contributed by atoms with Crippen molar-refractivity contribution in [1.82, 2.24) is 9.78 Å². The van der Waals surface area contributed by atoms with Crippen LogP contribution in [-0.2, 0) is 11.6 Å². The van der Waals surface area contributed by atoms with E-state index in [9.17, 15) is 4.57 Å². The second-order valence-electron chi connectivity index (χ2n) is 4.94. The van der Waals surface area contributed by atoms with Gasteiger partial charge < -0.3 is 4.57 Å². The van der Waals surface area contributed by atoms with Crippen LogP contribution in [0.4, 0.5) is 0 Å². The number of aryl methyl sites for hydroxylation is 2. The summed E-state index contributed by atoms with van der Waals surface area (Å²) >= 11 is 0. The molecule has 0 unspecified atom stereocenters. The Kier molecular flexibility index (Phi) is 1.91. The van der Waals surface area contributed by atoms with Crippen molar-refractivity contribution in [2.45, 2.75) is 43.9 Å². The minimum absolute atomic E-state index is 0.472. The fourth-order valence-corrected chi connectivity index (χ4v) is 6.14. The molecule has 15 heavy (non-hydrogen) atoms. The van der Waals surface area contributed by atoms with E-state index in [4.69, 9.17) is 0 Å². The second-order valence-corrected chi connectivity index (χ2v) is 8.28. The number of aromatic nitrogens is 2. The molecule has 0 atom stereocenters. The molecule has 4 heteroatoms. The number of hydrogen-bond donors (Lipinski definition) is 0. The van der Waals surface area contributed by atoms with Crippen LogP contribution in [0.1, 0.15) is 31.4 Å². The molecule has 0 N–H and O–H groups in total. The molecular weight excluding hydrogens is 207 g/mol. The number of hydrogen-bond acceptors (Lipinski definition) is 2. The van der Waals surface area contributed by atoms with Crippen LogP contribution in [0, 0.1) is 6.92 Å². The highest BCUT2D eigenvalue weighted by Crippen LogP contribution is 2.69. The Balaban J connectivity index is 2.05. The first-order valence-corrected chi connectivity index (χ1v) is 7.57. The van der Waals surface area contributed by atoms with Crippen molar-refractivity contribution in [3.8, 4) is 0 Å². The van der Waals surface area contributed by atoms with Gasteiger partial charge in [0.2, 0.25) is 0 Å². The zero-order valence-electron chi connectivity index (χ0n) is 9.31. The highest BCUT2D eigenvalue weighted by molar-refractivity contribution is 7.73. The standard InChI is InChI=1S/C11H17N2OP/c1-8-7-11(12-13(8)2)15(14,9-3-4-9)10-5-6-10/h7,9-10H,3-6H2,1-2H3. The Morgan fingerprint density at radius 2 is 1.87 bits per heavy atom. The van der Waals surface area contributed by atoms with Gasteiger partial charge in [0.05, 0.1) is 0 Å². The van der Waals surface area contributed by atoms with E-state index in [2.05, 4.69) is 5.10 Å². The molecule has 0 radical (unpaired) electrons. The van der Waals surface area contributed by atoms with E-state index in [1.54, 1.807) is 0 Å². The van der Waals surface area contributed by atoms with E-state index in [1.807, 2.05) is 24.7 Å². The maximum absolute atomic E-state index is 13.0. The molecule has 0 aliphatic heterocycles. The molecule has 0 amide bonds. The van der Waals surface area contributed by atoms with Gasteiger partial charge in [0.25, 0.3) is 0 Å². The predicted molar refractivity (Wildman–Crippen MR) is 61.2 cm³/mol. The van der Waals surface area contributed by atoms with Crippen molar-refractivity contribution < 1.29 is 4.57 Å². The molecule has 2 aliphatic rings. The summed E-state index contributed by atoms with van der Waals surface area (Å²) in [5.41, 5.74) is 2.97. The van der Waals surface area contributed by atoms with Crippen LogP contribution >= 0.6 is 7.14 Å². The highest BCUT2D eigenvalue weighted by atomic mass is 31.2. The molecule has 3 nitrogen and oxygen atoms in total. The van der Waals surface area contributed by atoms with Gasteiger partial charge in [-0.05, 0) is 38.7 Å². The number of nitrogens with zero attached hydrogens (tertiary/aromatic N) is 2. The van der Waals surface area contributed by atoms with Gasteiger partial charge in [0.1, 0.15) is 12.6 Å². The predicted octanol–water partition coefficient (Wildman–Crippen LogP) is 2.04. The van der Waals surface area contributed by atoms with Gasteiger partial charge in [0, 0.05) is 24.1 Å². The Labute approximate surface area is 90.2 Å². The van der Waals surface area contributed by atoms with Crippen molar-refractivity contribution in [2.24, 2.45) is 7.05 Å². The van der Waals surface area contributed by atoms with Gasteiger partial charge in [-0.2, -0.15) is 5.10 Å². The number of rotatable bonds is 3. The minimum Gasteiger partial charge on any atom is -0.316 e. The lowest BCUT2D eigenvalue weighted by Gasteiger charge is -2.13. The second kappa shape index (κ2) is 2.98. The maximum atomic E-state index is 13.0. The zero-order valence-corrected chi connectivity index (χ0v) is 10.2. The molecule has 0 aromatic carbocycles. The molecule has 2 saturated carbocycles. The molecule has 3 rings (SSSR count). The average Bonchev–Trinajstić information content (AvgIpc) is 3.05. The Bertz CT molecular complexity index is 408. The van der Waals surface area contributed by atoms with E-state index in [0.717, 1.165) is 36.8 Å². The van der Waals surface area contributed by atoms with Crippen LogP contribution < -0.4 is 5.44 Å². The highest BCUT2D eigenvalue weighted by Gasteiger charge is 2.53. The van der Waals surface area contributed by atoms with E-state index in [0.29, 0.717) is 11.3 Å². The summed E-state index contributed by atoms with van der Waals surface area (Å²) in [6, 6.07) is 2.04. The molecule has 82 valence electrons. The van der Waals surface area contributed by atoms with E-state index in [1.165, 1.54) is 0 Å². The van der Waals surface area contributed by atoms with Crippen LogP contribution in [0.25, 0.3) is 0 Å². The van der Waals surface area contributed by atoms with Crippen LogP contribution in [0.2, 0.25) is 0 Å². The first kappa shape index (κ1) is 9.65. The molecule has 1 aromatic rings. The first-order chi connectivity index (χ1) is 7.12. The summed E-state index contributed by atoms with van der Waals surface area (Å²) in [6.45, 7) is 2.03. The normalized spacial score (nSPS) is 22.0. The van der Waals surface area contributed by atoms with Crippen molar-refractivity contribution in [3.05, 3.63) is 11.8 Å². The monoisotopic (exact) mass is 224 g/mol. The molecule has 2 aliphatic carbocycles. The van der Waals surface area contributed by atoms with Gasteiger partial charge in [-0.25, -0.2) is 0 Å². The molecule has 2 fully saturated rings. The van der Waals surface area contributed by atoms with Crippen LogP contribution in [0.5, 0.6) is 0 Å². The van der Waals surface area contributed by atoms with Crippen molar-refractivity contribution in [2.75, 3.05) is 0 Å². The molecule has 0 bridgehead atoms. The lowest BCUT2D eigenvalue weighted by Crippen LogP contribution is -2.14. The molecule has 1 aromatic heterocycles. The van der Waals surface area contributed by atoms with Gasteiger partial charge in [-0.3, -0.25) is 4.68 Å². The van der Waals surface area contributed by atoms with E-state index < -0.39 is 7.14 Å². The summed E-state index contributed by atoms with van der Waals surface area (Å²) in [7, 11) is -0.198. The zero-order chi connectivity index (χ0) is 10.6. The summed E-state index contributed by atoms with van der Waals surface area (Å²) in [4.78, 5) is 0. The maximum Gasteiger partial charge on any atom is 0.140 e. The lowest BCUT2D eigenvalue weighted by atomic mass is 10.5. The third-order valence-electron chi connectivity index (χ3n) is 3.64. The average molecular weight is 224 g/mol. The third kappa shape index (κ3) is 1.40. The smallest absolute Gasteiger partial charge is 0.140 e. The van der Waals surface area contributed by atoms with Gasteiger partial charge in [-0.15, -0.1) is 0 Å². The van der Waals surface area contributed by atoms with E-state index >= 15 is 0 Å². The van der Waals surface area contributed by atoms with E-state index in [-0.39, 0.29) is 0 Å². The molecule has 1 heterocycles. The fraction of sp³-hybridized carbons (Fsp3) is 0.727. The Hall–Kier alpha value is -0.560. The molecule has 0 saturated heterocycles. The van der Waals surface area contributed by atoms with Crippen LogP contribution in [0.15, 0.2) is 6.07 Å². The lowest BCUT2D eigenvalue weighted by molar-refractivity contribution is 0.578. The minimum atomic E-state index is -2.13. The van der Waals surface area contributed by atoms with Gasteiger partial charge >= 0.3 is 0 Å². The SMILES string of the molecule is Cc1cc(P(=O)(C2CC2)C2CC2)nn1C. The quantitative estimate of drug-likeness (QED) is 0.736. The summed E-state index contributed by atoms with van der Waals surface area (Å²) < 4.78 is 14.9. The summed E-state index contributed by atoms with van der Waals surface area (Å²) in [5.74, 6) is 0. The Morgan fingerprint density at radius 1 is 1.33 bits per heavy atom. The fourth-order valence-electron chi connectivity index (χ4n) is 2.30. The van der Waals surface area contributed by atoms with Crippen molar-refractivity contribution >= 4 is 12.6 Å². The third-order valence-corrected chi connectivity index (χ3v) is 7.77. The van der Waals surface area contributed by atoms with Crippen molar-refractivity contribution in [3.63, 3.8) is 0 Å². The van der Waals surface area contributed by atoms with Gasteiger partial charge in [0.15, 0.2) is 0 Å². The Morgan fingerprint density at radius 3 is 2.20 bits per heavy atom. The largest absolute Gasteiger partial charge is 0.316 e. The van der Waals surface area contributed by atoms with Crippen LogP contribution in [-0.4, -0.2) is 21.1 Å². The molecule has 0 spiro atoms. The topological polar surface area (TPSA) is 34.9 Å². The summed E-state index contributed by atoms with van der Waals surface area (Å²) in [5, 5.41) is 4.46. The van der Waals surface area contributed by atoms with Crippen molar-refractivity contribution in [1.29, 1.82) is 0 Å². The van der Waals surface area contributed by atoms with Crippen LogP contribution in [0.3, 0.4) is 0 Å². The first-order valence-electron chi connectivity index (χ1n) is 5.73. The molecular formula is C11H17N2OP. The van der Waals surface area contributed by atoms with Gasteiger partial charge in [-0.1, -0.05) is 0 Å². The summed E-state index contributed by atoms with van der Waals surface area (Å²) in [6.07, 6.45) is 4.62.